The van der Waals surface area contributed by atoms with Crippen molar-refractivity contribution in [1.82, 2.24) is 10.0 Å². The van der Waals surface area contributed by atoms with Crippen LogP contribution >= 0.6 is 0 Å². The summed E-state index contributed by atoms with van der Waals surface area (Å²) in [6, 6.07) is 6.32. The van der Waals surface area contributed by atoms with Gasteiger partial charge in [0.25, 0.3) is 5.91 Å². The molecule has 1 amide bonds. The summed E-state index contributed by atoms with van der Waals surface area (Å²) in [6.07, 6.45) is 1.44. The fourth-order valence-corrected chi connectivity index (χ4v) is 3.43. The molecule has 146 valence electrons. The van der Waals surface area contributed by atoms with Crippen LogP contribution in [0.3, 0.4) is 0 Å². The average Bonchev–Trinajstić information content (AvgIpc) is 3.11. The third kappa shape index (κ3) is 5.18. The molecule has 8 nitrogen and oxygen atoms in total. The summed E-state index contributed by atoms with van der Waals surface area (Å²) >= 11 is 0. The Labute approximate surface area is 157 Å². The number of aryl methyl sites for hydroxylation is 1. The summed E-state index contributed by atoms with van der Waals surface area (Å²) in [6.45, 7) is 4.96. The molecule has 0 saturated carbocycles. The number of carbonyl (C=O) groups excluding carboxylic acids is 1. The predicted molar refractivity (Wildman–Crippen MR) is 97.6 cm³/mol. The zero-order chi connectivity index (χ0) is 20.2. The number of nitrogens with one attached hydrogen (secondary N) is 2. The van der Waals surface area contributed by atoms with Gasteiger partial charge in [-0.1, -0.05) is 19.9 Å². The van der Waals surface area contributed by atoms with Gasteiger partial charge in [0, 0.05) is 5.56 Å². The maximum Gasteiger partial charge on any atom is 0.326 e. The van der Waals surface area contributed by atoms with E-state index in [0.29, 0.717) is 11.3 Å². The van der Waals surface area contributed by atoms with Crippen LogP contribution in [-0.4, -0.2) is 31.4 Å². The van der Waals surface area contributed by atoms with Crippen molar-refractivity contribution in [3.63, 3.8) is 0 Å². The van der Waals surface area contributed by atoms with Crippen molar-refractivity contribution in [2.45, 2.75) is 38.3 Å². The van der Waals surface area contributed by atoms with Crippen LogP contribution in [0.4, 0.5) is 0 Å². The molecule has 0 bridgehead atoms. The normalized spacial score (nSPS) is 12.7. The van der Waals surface area contributed by atoms with E-state index in [2.05, 4.69) is 10.0 Å². The summed E-state index contributed by atoms with van der Waals surface area (Å²) in [7, 11) is -3.88. The fourth-order valence-electron chi connectivity index (χ4n) is 2.41. The van der Waals surface area contributed by atoms with E-state index in [1.165, 1.54) is 24.5 Å². The number of rotatable bonds is 8. The molecule has 2 aromatic rings. The Bertz CT molecular complexity index is 919. The number of carbonyl (C=O) groups is 2. The van der Waals surface area contributed by atoms with Crippen molar-refractivity contribution in [2.24, 2.45) is 5.92 Å². The van der Waals surface area contributed by atoms with E-state index in [9.17, 15) is 23.1 Å². The van der Waals surface area contributed by atoms with E-state index in [0.717, 1.165) is 0 Å². The first kappa shape index (κ1) is 20.7. The van der Waals surface area contributed by atoms with Crippen LogP contribution in [-0.2, 0) is 21.4 Å². The van der Waals surface area contributed by atoms with Crippen molar-refractivity contribution in [3.8, 4) is 0 Å². The molecule has 1 aromatic carbocycles. The Hall–Kier alpha value is -2.65. The van der Waals surface area contributed by atoms with Crippen LogP contribution in [0.1, 0.15) is 35.5 Å². The molecule has 0 radical (unpaired) electrons. The summed E-state index contributed by atoms with van der Waals surface area (Å²) in [5.41, 5.74) is 0.633. The molecule has 1 atom stereocenters. The van der Waals surface area contributed by atoms with Crippen LogP contribution in [0.5, 0.6) is 0 Å². The molecule has 0 fully saturated rings. The molecule has 3 N–H and O–H groups in total. The molecule has 0 saturated heterocycles. The molecule has 9 heteroatoms. The van der Waals surface area contributed by atoms with E-state index in [1.54, 1.807) is 32.9 Å². The van der Waals surface area contributed by atoms with Crippen LogP contribution in [0.2, 0.25) is 0 Å². The number of carboxylic acid groups (broad SMARTS) is 1. The second-order valence-electron chi connectivity index (χ2n) is 6.41. The highest BCUT2D eigenvalue weighted by atomic mass is 32.2. The third-order valence-corrected chi connectivity index (χ3v) is 5.40. The molecular formula is C18H22N2O6S. The lowest BCUT2D eigenvalue weighted by Gasteiger charge is -2.19. The number of hydrogen-bond acceptors (Lipinski definition) is 5. The van der Waals surface area contributed by atoms with E-state index in [1.807, 2.05) is 0 Å². The maximum atomic E-state index is 12.5. The standard InChI is InChI=1S/C18H22N2O6S/c1-11(2)16(18(22)23)20-17(21)15-9-14(7-6-12(15)3)27(24,25)19-10-13-5-4-8-26-13/h4-9,11,16,19H,10H2,1-3H3,(H,20,21)(H,22,23). The number of furan rings is 1. The SMILES string of the molecule is Cc1ccc(S(=O)(=O)NCc2ccco2)cc1C(=O)NC(C(=O)O)C(C)C. The van der Waals surface area contributed by atoms with Crippen LogP contribution in [0.25, 0.3) is 0 Å². The Morgan fingerprint density at radius 3 is 2.48 bits per heavy atom. The minimum atomic E-state index is -3.88. The molecule has 2 rings (SSSR count). The monoisotopic (exact) mass is 394 g/mol. The molecule has 0 aliphatic carbocycles. The first-order valence-corrected chi connectivity index (χ1v) is 9.76. The lowest BCUT2D eigenvalue weighted by Crippen LogP contribution is -2.44. The minimum absolute atomic E-state index is 0.0286. The first-order valence-electron chi connectivity index (χ1n) is 8.28. The molecule has 27 heavy (non-hydrogen) atoms. The van der Waals surface area contributed by atoms with E-state index in [-0.39, 0.29) is 22.9 Å². The van der Waals surface area contributed by atoms with Gasteiger partial charge in [0.05, 0.1) is 17.7 Å². The summed E-state index contributed by atoms with van der Waals surface area (Å²) < 4.78 is 32.4. The van der Waals surface area contributed by atoms with E-state index < -0.39 is 27.9 Å². The average molecular weight is 394 g/mol. The summed E-state index contributed by atoms with van der Waals surface area (Å²) in [5, 5.41) is 11.7. The van der Waals surface area contributed by atoms with Crippen LogP contribution in [0, 0.1) is 12.8 Å². The van der Waals surface area contributed by atoms with Crippen molar-refractivity contribution in [3.05, 3.63) is 53.5 Å². The van der Waals surface area contributed by atoms with Gasteiger partial charge in [-0.15, -0.1) is 0 Å². The Kier molecular flexibility index (Phi) is 6.40. The Morgan fingerprint density at radius 1 is 1.22 bits per heavy atom. The van der Waals surface area contributed by atoms with Crippen molar-refractivity contribution >= 4 is 21.9 Å². The number of benzene rings is 1. The molecular weight excluding hydrogens is 372 g/mol. The highest BCUT2D eigenvalue weighted by molar-refractivity contribution is 7.89. The molecule has 0 aliphatic rings. The number of sulfonamides is 1. The minimum Gasteiger partial charge on any atom is -0.480 e. The predicted octanol–water partition coefficient (Wildman–Crippen LogP) is 1.91. The largest absolute Gasteiger partial charge is 0.480 e. The van der Waals surface area contributed by atoms with Crippen molar-refractivity contribution < 1.29 is 27.5 Å². The number of carboxylic acids is 1. The van der Waals surface area contributed by atoms with Gasteiger partial charge in [-0.3, -0.25) is 4.79 Å². The summed E-state index contributed by atoms with van der Waals surface area (Å²) in [4.78, 5) is 23.7. The van der Waals surface area contributed by atoms with Crippen LogP contribution in [0.15, 0.2) is 45.9 Å². The van der Waals surface area contributed by atoms with Gasteiger partial charge in [0.1, 0.15) is 11.8 Å². The molecule has 1 aromatic heterocycles. The zero-order valence-corrected chi connectivity index (χ0v) is 16.0. The van der Waals surface area contributed by atoms with Crippen molar-refractivity contribution in [1.29, 1.82) is 0 Å². The number of hydrogen-bond donors (Lipinski definition) is 3. The lowest BCUT2D eigenvalue weighted by molar-refractivity contribution is -0.140. The van der Waals surface area contributed by atoms with Gasteiger partial charge in [-0.2, -0.15) is 0 Å². The third-order valence-electron chi connectivity index (χ3n) is 4.00. The Balaban J connectivity index is 2.24. The molecule has 0 spiro atoms. The van der Waals surface area contributed by atoms with Gasteiger partial charge in [-0.05, 0) is 42.7 Å². The van der Waals surface area contributed by atoms with Gasteiger partial charge in [0.2, 0.25) is 10.0 Å². The molecule has 0 aliphatic heterocycles. The van der Waals surface area contributed by atoms with Gasteiger partial charge in [0.15, 0.2) is 0 Å². The number of aliphatic carboxylic acids is 1. The second kappa shape index (κ2) is 8.36. The quantitative estimate of drug-likeness (QED) is 0.628. The van der Waals surface area contributed by atoms with Crippen molar-refractivity contribution in [2.75, 3.05) is 0 Å². The van der Waals surface area contributed by atoms with E-state index in [4.69, 9.17) is 4.42 Å². The fraction of sp³-hybridized carbons (Fsp3) is 0.333. The zero-order valence-electron chi connectivity index (χ0n) is 15.2. The van der Waals surface area contributed by atoms with E-state index >= 15 is 0 Å². The highest BCUT2D eigenvalue weighted by Gasteiger charge is 2.25. The highest BCUT2D eigenvalue weighted by Crippen LogP contribution is 2.17. The van der Waals surface area contributed by atoms with Crippen LogP contribution < -0.4 is 10.0 Å². The van der Waals surface area contributed by atoms with Gasteiger partial charge >= 0.3 is 5.97 Å². The lowest BCUT2D eigenvalue weighted by atomic mass is 10.0. The molecule has 1 unspecified atom stereocenters. The van der Waals surface area contributed by atoms with Gasteiger partial charge in [-0.25, -0.2) is 17.9 Å². The Morgan fingerprint density at radius 2 is 1.93 bits per heavy atom. The maximum absolute atomic E-state index is 12.5. The smallest absolute Gasteiger partial charge is 0.326 e. The van der Waals surface area contributed by atoms with Gasteiger partial charge < -0.3 is 14.8 Å². The topological polar surface area (TPSA) is 126 Å². The summed E-state index contributed by atoms with van der Waals surface area (Å²) in [5.74, 6) is -1.67. The molecule has 1 heterocycles. The number of amides is 1. The second-order valence-corrected chi connectivity index (χ2v) is 8.18. The first-order chi connectivity index (χ1) is 12.6.